The minimum Gasteiger partial charge on any atom is -0.460 e. The first-order valence-corrected chi connectivity index (χ1v) is 4.27. The van der Waals surface area contributed by atoms with Crippen LogP contribution in [0.5, 0.6) is 0 Å². The zero-order chi connectivity index (χ0) is 7.84. The average molecular weight is 154 g/mol. The Morgan fingerprint density at radius 3 is 3.09 bits per heavy atom. The molecular weight excluding hydrogens is 140 g/mol. The summed E-state index contributed by atoms with van der Waals surface area (Å²) in [5.74, 6) is 0.648. The SMILES string of the molecule is CC1CCCC2OC(N)=NC12. The number of hydrogen-bond acceptors (Lipinski definition) is 3. The molecule has 1 saturated carbocycles. The molecule has 2 N–H and O–H groups in total. The number of fused-ring (bicyclic) bond motifs is 1. The minimum absolute atomic E-state index is 0.291. The summed E-state index contributed by atoms with van der Waals surface area (Å²) in [4.78, 5) is 4.26. The molecule has 0 bridgehead atoms. The molecule has 1 aliphatic carbocycles. The highest BCUT2D eigenvalue weighted by atomic mass is 16.5. The lowest BCUT2D eigenvalue weighted by Crippen LogP contribution is -2.32. The summed E-state index contributed by atoms with van der Waals surface area (Å²) in [5, 5.41) is 0. The zero-order valence-electron chi connectivity index (χ0n) is 6.79. The highest BCUT2D eigenvalue weighted by molar-refractivity contribution is 5.73. The monoisotopic (exact) mass is 154 g/mol. The normalized spacial score (nSPS) is 42.6. The molecule has 3 unspecified atom stereocenters. The van der Waals surface area contributed by atoms with E-state index >= 15 is 0 Å². The molecule has 0 aromatic heterocycles. The maximum atomic E-state index is 5.48. The molecule has 0 aromatic rings. The molecular formula is C8H14N2O. The van der Waals surface area contributed by atoms with Gasteiger partial charge in [-0.3, -0.25) is 0 Å². The third-order valence-electron chi connectivity index (χ3n) is 2.66. The molecule has 0 aromatic carbocycles. The maximum absolute atomic E-state index is 5.48. The van der Waals surface area contributed by atoms with Crippen molar-refractivity contribution in [3.8, 4) is 0 Å². The van der Waals surface area contributed by atoms with Crippen LogP contribution in [0.25, 0.3) is 0 Å². The fourth-order valence-corrected chi connectivity index (χ4v) is 2.02. The van der Waals surface area contributed by atoms with Crippen molar-refractivity contribution in [3.63, 3.8) is 0 Å². The average Bonchev–Trinajstić information content (AvgIpc) is 2.31. The van der Waals surface area contributed by atoms with Crippen LogP contribution in [0.2, 0.25) is 0 Å². The van der Waals surface area contributed by atoms with Gasteiger partial charge in [-0.1, -0.05) is 6.92 Å². The summed E-state index contributed by atoms with van der Waals surface area (Å²) >= 11 is 0. The van der Waals surface area contributed by atoms with Crippen LogP contribution in [0.15, 0.2) is 4.99 Å². The van der Waals surface area contributed by atoms with Gasteiger partial charge < -0.3 is 10.5 Å². The van der Waals surface area contributed by atoms with Crippen molar-refractivity contribution in [1.82, 2.24) is 0 Å². The van der Waals surface area contributed by atoms with Gasteiger partial charge in [-0.25, -0.2) is 4.99 Å². The fraction of sp³-hybridized carbons (Fsp3) is 0.875. The summed E-state index contributed by atoms with van der Waals surface area (Å²) in [7, 11) is 0. The maximum Gasteiger partial charge on any atom is 0.282 e. The van der Waals surface area contributed by atoms with E-state index in [4.69, 9.17) is 10.5 Å². The number of nitrogens with two attached hydrogens (primary N) is 1. The third kappa shape index (κ3) is 1.08. The van der Waals surface area contributed by atoms with E-state index in [-0.39, 0.29) is 0 Å². The van der Waals surface area contributed by atoms with Gasteiger partial charge in [0.15, 0.2) is 0 Å². The van der Waals surface area contributed by atoms with Gasteiger partial charge in [0.2, 0.25) is 0 Å². The van der Waals surface area contributed by atoms with Crippen molar-refractivity contribution in [2.45, 2.75) is 38.3 Å². The van der Waals surface area contributed by atoms with Crippen LogP contribution >= 0.6 is 0 Å². The highest BCUT2D eigenvalue weighted by Crippen LogP contribution is 2.31. The van der Waals surface area contributed by atoms with Gasteiger partial charge in [-0.2, -0.15) is 0 Å². The van der Waals surface area contributed by atoms with Crippen molar-refractivity contribution in [2.75, 3.05) is 0 Å². The van der Waals surface area contributed by atoms with Crippen molar-refractivity contribution in [2.24, 2.45) is 16.6 Å². The Morgan fingerprint density at radius 2 is 2.36 bits per heavy atom. The van der Waals surface area contributed by atoms with Gasteiger partial charge >= 0.3 is 0 Å². The van der Waals surface area contributed by atoms with E-state index in [1.165, 1.54) is 12.8 Å². The van der Waals surface area contributed by atoms with Crippen LogP contribution in [-0.4, -0.2) is 18.2 Å². The van der Waals surface area contributed by atoms with Crippen LogP contribution < -0.4 is 5.73 Å². The molecule has 2 aliphatic rings. The van der Waals surface area contributed by atoms with E-state index in [0.29, 0.717) is 24.1 Å². The van der Waals surface area contributed by atoms with E-state index in [0.717, 1.165) is 6.42 Å². The van der Waals surface area contributed by atoms with Crippen molar-refractivity contribution >= 4 is 6.02 Å². The minimum atomic E-state index is 0.291. The van der Waals surface area contributed by atoms with E-state index in [1.807, 2.05) is 0 Å². The van der Waals surface area contributed by atoms with Gasteiger partial charge in [0, 0.05) is 0 Å². The van der Waals surface area contributed by atoms with Gasteiger partial charge in [0.1, 0.15) is 6.10 Å². The molecule has 62 valence electrons. The summed E-state index contributed by atoms with van der Waals surface area (Å²) in [6.45, 7) is 2.22. The highest BCUT2D eigenvalue weighted by Gasteiger charge is 2.36. The fourth-order valence-electron chi connectivity index (χ4n) is 2.02. The number of amidine groups is 1. The van der Waals surface area contributed by atoms with Crippen molar-refractivity contribution in [1.29, 1.82) is 0 Å². The van der Waals surface area contributed by atoms with Crippen LogP contribution in [-0.2, 0) is 4.74 Å². The third-order valence-corrected chi connectivity index (χ3v) is 2.66. The Balaban J connectivity index is 2.12. The first kappa shape index (κ1) is 6.95. The summed E-state index contributed by atoms with van der Waals surface area (Å²) in [5.41, 5.74) is 5.48. The smallest absolute Gasteiger partial charge is 0.282 e. The number of ether oxygens (including phenoxy) is 1. The van der Waals surface area contributed by atoms with Crippen LogP contribution in [0.1, 0.15) is 26.2 Å². The number of hydrogen-bond donors (Lipinski definition) is 1. The van der Waals surface area contributed by atoms with Crippen molar-refractivity contribution in [3.05, 3.63) is 0 Å². The Hall–Kier alpha value is -0.730. The second kappa shape index (κ2) is 2.40. The number of rotatable bonds is 0. The molecule has 1 fully saturated rings. The first-order valence-electron chi connectivity index (χ1n) is 4.27. The van der Waals surface area contributed by atoms with Crippen LogP contribution in [0, 0.1) is 5.92 Å². The van der Waals surface area contributed by atoms with Crippen LogP contribution in [0.3, 0.4) is 0 Å². The molecule has 3 heteroatoms. The Labute approximate surface area is 66.6 Å². The summed E-state index contributed by atoms with van der Waals surface area (Å²) < 4.78 is 5.36. The van der Waals surface area contributed by atoms with E-state index < -0.39 is 0 Å². The van der Waals surface area contributed by atoms with E-state index in [2.05, 4.69) is 11.9 Å². The lowest BCUT2D eigenvalue weighted by molar-refractivity contribution is 0.123. The summed E-state index contributed by atoms with van der Waals surface area (Å²) in [6, 6.07) is 0.748. The van der Waals surface area contributed by atoms with E-state index in [1.54, 1.807) is 0 Å². The largest absolute Gasteiger partial charge is 0.460 e. The first-order chi connectivity index (χ1) is 5.27. The second-order valence-electron chi connectivity index (χ2n) is 3.52. The Morgan fingerprint density at radius 1 is 1.55 bits per heavy atom. The zero-order valence-corrected chi connectivity index (χ0v) is 6.79. The van der Waals surface area contributed by atoms with Gasteiger partial charge in [0.05, 0.1) is 6.04 Å². The van der Waals surface area contributed by atoms with Gasteiger partial charge in [0.25, 0.3) is 6.02 Å². The topological polar surface area (TPSA) is 47.6 Å². The molecule has 1 heterocycles. The van der Waals surface area contributed by atoms with Gasteiger partial charge in [-0.15, -0.1) is 0 Å². The lowest BCUT2D eigenvalue weighted by atomic mass is 9.84. The molecule has 0 spiro atoms. The molecule has 0 amide bonds. The Kier molecular flexibility index (Phi) is 1.51. The number of aliphatic imine (C=N–C) groups is 1. The molecule has 0 radical (unpaired) electrons. The lowest BCUT2D eigenvalue weighted by Gasteiger charge is -2.27. The molecule has 11 heavy (non-hydrogen) atoms. The molecule has 1 aliphatic heterocycles. The molecule has 2 rings (SSSR count). The standard InChI is InChI=1S/C8H14N2O/c1-5-3-2-4-6-7(5)10-8(9)11-6/h5-7H,2-4H2,1H3,(H2,9,10). The molecule has 3 atom stereocenters. The second-order valence-corrected chi connectivity index (χ2v) is 3.52. The van der Waals surface area contributed by atoms with Crippen LogP contribution in [0.4, 0.5) is 0 Å². The predicted octanol–water partition coefficient (Wildman–Crippen LogP) is 0.888. The Bertz CT molecular complexity index is 191. The summed E-state index contributed by atoms with van der Waals surface area (Å²) in [6.07, 6.45) is 3.94. The predicted molar refractivity (Wildman–Crippen MR) is 43.3 cm³/mol. The molecule has 3 nitrogen and oxygen atoms in total. The van der Waals surface area contributed by atoms with E-state index in [9.17, 15) is 0 Å². The van der Waals surface area contributed by atoms with Gasteiger partial charge in [-0.05, 0) is 25.2 Å². The quantitative estimate of drug-likeness (QED) is 0.563. The molecule has 0 saturated heterocycles. The number of nitrogens with zero attached hydrogens (tertiary/aromatic N) is 1. The van der Waals surface area contributed by atoms with Crippen molar-refractivity contribution < 1.29 is 4.74 Å².